The van der Waals surface area contributed by atoms with Gasteiger partial charge in [-0.1, -0.05) is 6.07 Å². The average molecular weight is 327 g/mol. The number of likely N-dealkylation sites (N-methyl/N-ethyl adjacent to an activating group) is 1. The first-order chi connectivity index (χ1) is 11.6. The van der Waals surface area contributed by atoms with Crippen LogP contribution < -0.4 is 0 Å². The van der Waals surface area contributed by atoms with E-state index in [9.17, 15) is 8.78 Å². The number of fused-ring (bicyclic) bond motifs is 3. The zero-order valence-electron chi connectivity index (χ0n) is 13.6. The Kier molecular flexibility index (Phi) is 3.81. The van der Waals surface area contributed by atoms with E-state index in [1.165, 1.54) is 23.4 Å². The molecule has 0 amide bonds. The maximum Gasteiger partial charge on any atom is 0.212 e. The monoisotopic (exact) mass is 327 g/mol. The van der Waals surface area contributed by atoms with Gasteiger partial charge >= 0.3 is 0 Å². The van der Waals surface area contributed by atoms with Gasteiger partial charge in [-0.05, 0) is 48.9 Å². The lowest BCUT2D eigenvalue weighted by molar-refractivity contribution is 0.309. The van der Waals surface area contributed by atoms with E-state index in [1.807, 2.05) is 6.07 Å². The highest BCUT2D eigenvalue weighted by atomic mass is 19.1. The summed E-state index contributed by atoms with van der Waals surface area (Å²) in [5, 5.41) is 1.01. The number of hydrogen-bond acceptors (Lipinski definition) is 2. The van der Waals surface area contributed by atoms with Crippen LogP contribution in [0.15, 0.2) is 36.5 Å². The fraction of sp³-hybridized carbons (Fsp3) is 0.316. The number of aromatic nitrogens is 2. The van der Waals surface area contributed by atoms with Crippen LogP contribution in [-0.4, -0.2) is 28.0 Å². The molecule has 0 saturated heterocycles. The average Bonchev–Trinajstić information content (AvgIpc) is 2.87. The molecule has 4 rings (SSSR count). The Labute approximate surface area is 139 Å². The fourth-order valence-corrected chi connectivity index (χ4v) is 3.61. The van der Waals surface area contributed by atoms with Crippen LogP contribution >= 0.6 is 0 Å². The van der Waals surface area contributed by atoms with Gasteiger partial charge in [0.15, 0.2) is 0 Å². The van der Waals surface area contributed by atoms with Crippen LogP contribution in [0, 0.1) is 11.8 Å². The molecule has 3 nitrogen and oxygen atoms in total. The van der Waals surface area contributed by atoms with Gasteiger partial charge in [-0.2, -0.15) is 4.39 Å². The van der Waals surface area contributed by atoms with Crippen molar-refractivity contribution in [3.8, 4) is 0 Å². The van der Waals surface area contributed by atoms with E-state index >= 15 is 0 Å². The molecule has 0 N–H and O–H groups in total. The molecule has 0 unspecified atom stereocenters. The predicted molar refractivity (Wildman–Crippen MR) is 89.8 cm³/mol. The van der Waals surface area contributed by atoms with E-state index in [-0.39, 0.29) is 5.82 Å². The minimum Gasteiger partial charge on any atom is -0.344 e. The van der Waals surface area contributed by atoms with E-state index < -0.39 is 5.95 Å². The highest BCUT2D eigenvalue weighted by Gasteiger charge is 2.22. The van der Waals surface area contributed by atoms with Gasteiger partial charge in [0.1, 0.15) is 5.82 Å². The minimum atomic E-state index is -0.457. The van der Waals surface area contributed by atoms with Gasteiger partial charge in [0.2, 0.25) is 5.95 Å². The van der Waals surface area contributed by atoms with Crippen molar-refractivity contribution in [1.29, 1.82) is 0 Å². The van der Waals surface area contributed by atoms with Crippen LogP contribution in [0.5, 0.6) is 0 Å². The smallest absolute Gasteiger partial charge is 0.212 e. The number of aryl methyl sites for hydroxylation is 2. The number of pyridine rings is 1. The van der Waals surface area contributed by atoms with E-state index in [4.69, 9.17) is 0 Å². The van der Waals surface area contributed by atoms with Crippen LogP contribution in [0.4, 0.5) is 8.78 Å². The van der Waals surface area contributed by atoms with Gasteiger partial charge in [-0.3, -0.25) is 0 Å². The zero-order chi connectivity index (χ0) is 16.7. The lowest BCUT2D eigenvalue weighted by Crippen LogP contribution is -2.27. The number of nitrogens with zero attached hydrogens (tertiary/aromatic N) is 3. The Morgan fingerprint density at radius 2 is 2.04 bits per heavy atom. The standard InChI is InChI=1S/C19H19F2N3/c1-23-8-7-18-16(12-23)15-10-14(20)3-4-17(15)24(18)9-6-13-2-5-19(21)22-11-13/h2-5,10-11H,6-9,12H2,1H3. The molecule has 0 saturated carbocycles. The minimum absolute atomic E-state index is 0.196. The highest BCUT2D eigenvalue weighted by molar-refractivity contribution is 5.86. The molecule has 2 aromatic heterocycles. The molecule has 3 aromatic rings. The van der Waals surface area contributed by atoms with Crippen molar-refractivity contribution in [2.75, 3.05) is 13.6 Å². The van der Waals surface area contributed by atoms with E-state index in [0.29, 0.717) is 0 Å². The predicted octanol–water partition coefficient (Wildman–Crippen LogP) is 3.55. The van der Waals surface area contributed by atoms with Gasteiger partial charge in [-0.15, -0.1) is 0 Å². The quantitative estimate of drug-likeness (QED) is 0.686. The number of halogens is 2. The van der Waals surface area contributed by atoms with Crippen molar-refractivity contribution < 1.29 is 8.78 Å². The van der Waals surface area contributed by atoms with Crippen molar-refractivity contribution in [2.24, 2.45) is 0 Å². The first kappa shape index (κ1) is 15.3. The second-order valence-corrected chi connectivity index (χ2v) is 6.47. The summed E-state index contributed by atoms with van der Waals surface area (Å²) in [7, 11) is 2.09. The second-order valence-electron chi connectivity index (χ2n) is 6.47. The molecule has 24 heavy (non-hydrogen) atoms. The Balaban J connectivity index is 1.73. The van der Waals surface area contributed by atoms with Gasteiger partial charge in [-0.25, -0.2) is 9.37 Å². The topological polar surface area (TPSA) is 21.1 Å². The maximum absolute atomic E-state index is 13.7. The molecular weight excluding hydrogens is 308 g/mol. The molecule has 0 radical (unpaired) electrons. The van der Waals surface area contributed by atoms with E-state index in [1.54, 1.807) is 18.3 Å². The third-order valence-corrected chi connectivity index (χ3v) is 4.82. The van der Waals surface area contributed by atoms with Crippen LogP contribution in [0.3, 0.4) is 0 Å². The van der Waals surface area contributed by atoms with Crippen LogP contribution in [-0.2, 0) is 25.9 Å². The Morgan fingerprint density at radius 3 is 2.83 bits per heavy atom. The molecule has 0 aliphatic carbocycles. The molecule has 3 heterocycles. The summed E-state index contributed by atoms with van der Waals surface area (Å²) in [5.41, 5.74) is 4.60. The SMILES string of the molecule is CN1CCc2c(c3cc(F)ccc3n2CCc2ccc(F)nc2)C1. The van der Waals surface area contributed by atoms with Crippen molar-refractivity contribution in [3.05, 3.63) is 65.1 Å². The largest absolute Gasteiger partial charge is 0.344 e. The summed E-state index contributed by atoms with van der Waals surface area (Å²) in [5.74, 6) is -0.653. The summed E-state index contributed by atoms with van der Waals surface area (Å²) in [4.78, 5) is 5.98. The van der Waals surface area contributed by atoms with Crippen molar-refractivity contribution >= 4 is 10.9 Å². The molecular formula is C19H19F2N3. The summed E-state index contributed by atoms with van der Waals surface area (Å²) >= 11 is 0. The lowest BCUT2D eigenvalue weighted by Gasteiger charge is -2.24. The van der Waals surface area contributed by atoms with Gasteiger partial charge < -0.3 is 9.47 Å². The first-order valence-corrected chi connectivity index (χ1v) is 8.20. The normalized spacial score (nSPS) is 15.0. The van der Waals surface area contributed by atoms with Crippen LogP contribution in [0.2, 0.25) is 0 Å². The Bertz CT molecular complexity index is 884. The first-order valence-electron chi connectivity index (χ1n) is 8.20. The summed E-state index contributed by atoms with van der Waals surface area (Å²) in [6.45, 7) is 2.64. The van der Waals surface area contributed by atoms with Crippen LogP contribution in [0.25, 0.3) is 10.9 Å². The van der Waals surface area contributed by atoms with E-state index in [0.717, 1.165) is 48.9 Å². The number of hydrogen-bond donors (Lipinski definition) is 0. The third-order valence-electron chi connectivity index (χ3n) is 4.82. The summed E-state index contributed by atoms with van der Waals surface area (Å²) < 4.78 is 29.0. The van der Waals surface area contributed by atoms with Crippen molar-refractivity contribution in [2.45, 2.75) is 25.9 Å². The molecule has 1 aliphatic rings. The highest BCUT2D eigenvalue weighted by Crippen LogP contribution is 2.31. The van der Waals surface area contributed by atoms with E-state index in [2.05, 4.69) is 21.5 Å². The molecule has 5 heteroatoms. The molecule has 0 atom stereocenters. The molecule has 0 bridgehead atoms. The lowest BCUT2D eigenvalue weighted by atomic mass is 10.0. The molecule has 0 spiro atoms. The summed E-state index contributed by atoms with van der Waals surface area (Å²) in [6, 6.07) is 8.19. The Morgan fingerprint density at radius 1 is 1.17 bits per heavy atom. The van der Waals surface area contributed by atoms with Gasteiger partial charge in [0.25, 0.3) is 0 Å². The molecule has 1 aromatic carbocycles. The third kappa shape index (κ3) is 2.69. The number of rotatable bonds is 3. The van der Waals surface area contributed by atoms with Gasteiger partial charge in [0, 0.05) is 48.8 Å². The summed E-state index contributed by atoms with van der Waals surface area (Å²) in [6.07, 6.45) is 3.32. The Hall–Kier alpha value is -2.27. The number of benzene rings is 1. The molecule has 0 fully saturated rings. The second kappa shape index (κ2) is 5.98. The van der Waals surface area contributed by atoms with Gasteiger partial charge in [0.05, 0.1) is 0 Å². The zero-order valence-corrected chi connectivity index (χ0v) is 13.6. The van der Waals surface area contributed by atoms with Crippen molar-refractivity contribution in [1.82, 2.24) is 14.5 Å². The van der Waals surface area contributed by atoms with Crippen molar-refractivity contribution in [3.63, 3.8) is 0 Å². The van der Waals surface area contributed by atoms with Crippen LogP contribution in [0.1, 0.15) is 16.8 Å². The molecule has 124 valence electrons. The molecule has 1 aliphatic heterocycles. The fourth-order valence-electron chi connectivity index (χ4n) is 3.61. The maximum atomic E-state index is 13.7.